The second-order valence-electron chi connectivity index (χ2n) is 8.58. The van der Waals surface area contributed by atoms with Crippen molar-refractivity contribution in [3.8, 4) is 5.75 Å². The molecule has 3 aromatic rings. The van der Waals surface area contributed by atoms with E-state index in [0.717, 1.165) is 39.5 Å². The van der Waals surface area contributed by atoms with Crippen LogP contribution in [0.15, 0.2) is 87.1 Å². The fourth-order valence-corrected chi connectivity index (χ4v) is 5.61. The Bertz CT molecular complexity index is 1270. The van der Waals surface area contributed by atoms with Gasteiger partial charge in [0.15, 0.2) is 0 Å². The fourth-order valence-electron chi connectivity index (χ4n) is 3.99. The van der Waals surface area contributed by atoms with Crippen LogP contribution in [-0.4, -0.2) is 45.6 Å². The van der Waals surface area contributed by atoms with E-state index in [1.165, 1.54) is 22.2 Å². The highest BCUT2D eigenvalue weighted by Gasteiger charge is 2.30. The Morgan fingerprint density at radius 2 is 1.86 bits per heavy atom. The third-order valence-electron chi connectivity index (χ3n) is 5.83. The van der Waals surface area contributed by atoms with Gasteiger partial charge in [-0.1, -0.05) is 60.3 Å². The summed E-state index contributed by atoms with van der Waals surface area (Å²) in [5, 5.41) is 2.98. The summed E-state index contributed by atoms with van der Waals surface area (Å²) >= 11 is 4.92. The number of hydrogen-bond acceptors (Lipinski definition) is 4. The molecule has 1 heterocycles. The maximum absolute atomic E-state index is 13.4. The third-order valence-corrected chi connectivity index (χ3v) is 7.53. The lowest BCUT2D eigenvalue weighted by molar-refractivity contribution is -0.892. The minimum absolute atomic E-state index is 0.0300. The van der Waals surface area contributed by atoms with Crippen molar-refractivity contribution >= 4 is 51.3 Å². The molecule has 2 amide bonds. The molecule has 0 saturated carbocycles. The predicted octanol–water partition coefficient (Wildman–Crippen LogP) is 3.77. The van der Waals surface area contributed by atoms with Crippen molar-refractivity contribution in [2.24, 2.45) is 0 Å². The van der Waals surface area contributed by atoms with Crippen molar-refractivity contribution in [2.45, 2.75) is 11.4 Å². The number of nitrogens with zero attached hydrogens (tertiary/aromatic N) is 1. The molecule has 2 N–H and O–H groups in total. The van der Waals surface area contributed by atoms with Gasteiger partial charge < -0.3 is 15.0 Å². The zero-order valence-electron chi connectivity index (χ0n) is 20.3. The quantitative estimate of drug-likeness (QED) is 0.387. The molecule has 1 atom stereocenters. The first-order valence-corrected chi connectivity index (χ1v) is 13.3. The van der Waals surface area contributed by atoms with Crippen LogP contribution in [0.4, 0.5) is 5.69 Å². The number of carbonyl (C=O) groups is 2. The highest BCUT2D eigenvalue weighted by Crippen LogP contribution is 2.42. The maximum Gasteiger partial charge on any atom is 0.265 e. The Labute approximate surface area is 224 Å². The van der Waals surface area contributed by atoms with Crippen LogP contribution >= 0.6 is 27.7 Å². The standard InChI is InChI=1S/C28H28BrN3O3S/c1-31(18-20-8-4-3-5-9-20)15-14-30-27(33)19-32-23-10-6-7-11-25(23)36-26(28(32)34)17-21-12-13-24(35-2)22(29)16-21/h3-13,16-17H,14-15,18-19H2,1-2H3,(H,30,33)/p+1. The molecule has 0 radical (unpaired) electrons. The number of methoxy groups -OCH3 is 1. The monoisotopic (exact) mass is 566 g/mol. The summed E-state index contributed by atoms with van der Waals surface area (Å²) in [6, 6.07) is 23.6. The lowest BCUT2D eigenvalue weighted by atomic mass is 10.2. The van der Waals surface area contributed by atoms with E-state index in [9.17, 15) is 9.59 Å². The number of ether oxygens (including phenoxy) is 1. The van der Waals surface area contributed by atoms with Crippen LogP contribution < -0.4 is 19.9 Å². The van der Waals surface area contributed by atoms with E-state index in [1.54, 1.807) is 12.0 Å². The number of likely N-dealkylation sites (N-methyl/N-ethyl adjacent to an activating group) is 1. The molecular formula is C28H29BrN3O3S+. The van der Waals surface area contributed by atoms with Gasteiger partial charge in [0.05, 0.1) is 42.3 Å². The Kier molecular flexibility index (Phi) is 8.85. The number of hydrogen-bond donors (Lipinski definition) is 2. The summed E-state index contributed by atoms with van der Waals surface area (Å²) in [6.07, 6.45) is 1.85. The molecule has 0 bridgehead atoms. The van der Waals surface area contributed by atoms with Gasteiger partial charge in [-0.3, -0.25) is 14.5 Å². The minimum atomic E-state index is -0.187. The molecule has 1 aliphatic heterocycles. The second-order valence-corrected chi connectivity index (χ2v) is 10.5. The lowest BCUT2D eigenvalue weighted by Gasteiger charge is -2.30. The molecule has 0 spiro atoms. The molecule has 3 aromatic carbocycles. The maximum atomic E-state index is 13.4. The average Bonchev–Trinajstić information content (AvgIpc) is 2.87. The summed E-state index contributed by atoms with van der Waals surface area (Å²) in [6.45, 7) is 2.19. The molecule has 1 aliphatic rings. The molecule has 6 nitrogen and oxygen atoms in total. The smallest absolute Gasteiger partial charge is 0.265 e. The van der Waals surface area contributed by atoms with Gasteiger partial charge in [0.2, 0.25) is 5.91 Å². The molecule has 186 valence electrons. The Morgan fingerprint density at radius 3 is 2.61 bits per heavy atom. The lowest BCUT2D eigenvalue weighted by Crippen LogP contribution is -3.08. The third kappa shape index (κ3) is 6.57. The van der Waals surface area contributed by atoms with Crippen LogP contribution in [0.3, 0.4) is 0 Å². The van der Waals surface area contributed by atoms with Crippen LogP contribution in [0.25, 0.3) is 6.08 Å². The second kappa shape index (κ2) is 12.3. The van der Waals surface area contributed by atoms with Crippen molar-refractivity contribution < 1.29 is 19.2 Å². The number of quaternary nitrogens is 1. The summed E-state index contributed by atoms with van der Waals surface area (Å²) < 4.78 is 6.11. The van der Waals surface area contributed by atoms with E-state index in [0.29, 0.717) is 11.4 Å². The van der Waals surface area contributed by atoms with Crippen molar-refractivity contribution in [1.82, 2.24) is 5.32 Å². The number of rotatable bonds is 9. The summed E-state index contributed by atoms with van der Waals surface area (Å²) in [5.41, 5.74) is 2.88. The van der Waals surface area contributed by atoms with Gasteiger partial charge >= 0.3 is 0 Å². The van der Waals surface area contributed by atoms with Gasteiger partial charge in [-0.2, -0.15) is 0 Å². The Hall–Kier alpha value is -3.07. The van der Waals surface area contributed by atoms with Crippen molar-refractivity contribution in [3.63, 3.8) is 0 Å². The first-order valence-electron chi connectivity index (χ1n) is 11.7. The molecule has 0 saturated heterocycles. The molecule has 4 rings (SSSR count). The summed E-state index contributed by atoms with van der Waals surface area (Å²) in [4.78, 5) is 30.6. The largest absolute Gasteiger partial charge is 0.496 e. The summed E-state index contributed by atoms with van der Waals surface area (Å²) in [5.74, 6) is 0.358. The number of anilines is 1. The van der Waals surface area contributed by atoms with Crippen LogP contribution in [0.2, 0.25) is 0 Å². The number of thioether (sulfide) groups is 1. The van der Waals surface area contributed by atoms with E-state index >= 15 is 0 Å². The normalized spacial score (nSPS) is 14.9. The highest BCUT2D eigenvalue weighted by molar-refractivity contribution is 9.10. The zero-order valence-corrected chi connectivity index (χ0v) is 22.7. The van der Waals surface area contributed by atoms with Gasteiger partial charge in [-0.15, -0.1) is 0 Å². The minimum Gasteiger partial charge on any atom is -0.496 e. The molecule has 0 aliphatic carbocycles. The molecule has 1 unspecified atom stereocenters. The van der Waals surface area contributed by atoms with Gasteiger partial charge in [-0.05, 0) is 51.8 Å². The molecule has 8 heteroatoms. The Morgan fingerprint density at radius 1 is 1.11 bits per heavy atom. The van der Waals surface area contributed by atoms with E-state index < -0.39 is 0 Å². The van der Waals surface area contributed by atoms with Gasteiger partial charge in [0.1, 0.15) is 18.8 Å². The number of nitrogens with one attached hydrogen (secondary N) is 2. The summed E-state index contributed by atoms with van der Waals surface area (Å²) in [7, 11) is 3.72. The fraction of sp³-hybridized carbons (Fsp3) is 0.214. The average molecular weight is 568 g/mol. The SMILES string of the molecule is COc1ccc(C=C2Sc3ccccc3N(CC(=O)NCC[NH+](C)Cc3ccccc3)C2=O)cc1Br. The van der Waals surface area contributed by atoms with Crippen molar-refractivity contribution in [2.75, 3.05) is 38.7 Å². The van der Waals surface area contributed by atoms with E-state index in [-0.39, 0.29) is 18.4 Å². The topological polar surface area (TPSA) is 63.1 Å². The molecule has 36 heavy (non-hydrogen) atoms. The van der Waals surface area contributed by atoms with E-state index in [2.05, 4.69) is 40.4 Å². The first-order chi connectivity index (χ1) is 17.4. The zero-order chi connectivity index (χ0) is 25.5. The van der Waals surface area contributed by atoms with Crippen LogP contribution in [0.5, 0.6) is 5.75 Å². The van der Waals surface area contributed by atoms with Gasteiger partial charge in [0.25, 0.3) is 5.91 Å². The number of para-hydroxylation sites is 1. The van der Waals surface area contributed by atoms with E-state index in [1.807, 2.05) is 66.7 Å². The van der Waals surface area contributed by atoms with Gasteiger partial charge in [-0.25, -0.2) is 0 Å². The van der Waals surface area contributed by atoms with Gasteiger partial charge in [0, 0.05) is 10.5 Å². The van der Waals surface area contributed by atoms with Crippen LogP contribution in [0, 0.1) is 0 Å². The van der Waals surface area contributed by atoms with Crippen molar-refractivity contribution in [3.05, 3.63) is 93.3 Å². The number of fused-ring (bicyclic) bond motifs is 1. The molecule has 0 aromatic heterocycles. The first kappa shape index (κ1) is 26.0. The number of benzene rings is 3. The van der Waals surface area contributed by atoms with Crippen LogP contribution in [-0.2, 0) is 16.1 Å². The number of halogens is 1. The Balaban J connectivity index is 1.42. The highest BCUT2D eigenvalue weighted by atomic mass is 79.9. The van der Waals surface area contributed by atoms with E-state index in [4.69, 9.17) is 4.74 Å². The molecular weight excluding hydrogens is 538 g/mol. The van der Waals surface area contributed by atoms with Crippen molar-refractivity contribution in [1.29, 1.82) is 0 Å². The molecule has 0 fully saturated rings. The predicted molar refractivity (Wildman–Crippen MR) is 148 cm³/mol. The number of amides is 2. The number of carbonyl (C=O) groups excluding carboxylic acids is 2. The van der Waals surface area contributed by atoms with Crippen LogP contribution in [0.1, 0.15) is 11.1 Å².